The summed E-state index contributed by atoms with van der Waals surface area (Å²) in [6.45, 7) is 0.202. The predicted molar refractivity (Wildman–Crippen MR) is 104 cm³/mol. The summed E-state index contributed by atoms with van der Waals surface area (Å²) in [5.41, 5.74) is 2.73. The van der Waals surface area contributed by atoms with E-state index in [1.807, 2.05) is 11.4 Å². The quantitative estimate of drug-likeness (QED) is 0.728. The highest BCUT2D eigenvalue weighted by molar-refractivity contribution is 7.17. The molecule has 7 nitrogen and oxygen atoms in total. The highest BCUT2D eigenvalue weighted by Gasteiger charge is 2.18. The molecule has 3 heterocycles. The van der Waals surface area contributed by atoms with Crippen molar-refractivity contribution < 1.29 is 9.59 Å². The first-order valence-corrected chi connectivity index (χ1v) is 9.54. The number of thiophene rings is 1. The molecule has 0 radical (unpaired) electrons. The maximum Gasteiger partial charge on any atom is 0.268 e. The number of H-pyrrole nitrogens is 1. The minimum atomic E-state index is -0.188. The van der Waals surface area contributed by atoms with Crippen molar-refractivity contribution in [3.63, 3.8) is 0 Å². The lowest BCUT2D eigenvalue weighted by molar-refractivity contribution is -0.116. The number of aryl methyl sites for hydroxylation is 1. The van der Waals surface area contributed by atoms with E-state index in [9.17, 15) is 14.4 Å². The summed E-state index contributed by atoms with van der Waals surface area (Å²) in [5, 5.41) is 4.69. The fourth-order valence-corrected chi connectivity index (χ4v) is 3.95. The molecule has 0 unspecified atom stereocenters. The summed E-state index contributed by atoms with van der Waals surface area (Å²) in [7, 11) is 1.67. The number of benzene rings is 1. The van der Waals surface area contributed by atoms with Crippen molar-refractivity contribution in [2.24, 2.45) is 0 Å². The van der Waals surface area contributed by atoms with Gasteiger partial charge in [-0.15, -0.1) is 11.3 Å². The van der Waals surface area contributed by atoms with Crippen LogP contribution in [0, 0.1) is 0 Å². The van der Waals surface area contributed by atoms with Crippen LogP contribution in [-0.4, -0.2) is 33.7 Å². The molecule has 8 heteroatoms. The first-order chi connectivity index (χ1) is 13.0. The second-order valence-corrected chi connectivity index (χ2v) is 7.50. The second kappa shape index (κ2) is 6.96. The lowest BCUT2D eigenvalue weighted by Crippen LogP contribution is -2.28. The predicted octanol–water partition coefficient (Wildman–Crippen LogP) is 2.53. The molecule has 2 aromatic heterocycles. The SMILES string of the molecule is CN(Cc1nc2ccsc2c(=O)[nH]1)C(=O)c1ccc2c(c1)CCCC(=O)N2. The molecule has 1 aliphatic heterocycles. The Kier molecular flexibility index (Phi) is 4.49. The number of rotatable bonds is 3. The average Bonchev–Trinajstić information content (AvgIpc) is 3.03. The van der Waals surface area contributed by atoms with Gasteiger partial charge in [-0.1, -0.05) is 0 Å². The summed E-state index contributed by atoms with van der Waals surface area (Å²) in [6.07, 6.45) is 2.00. The Morgan fingerprint density at radius 3 is 2.96 bits per heavy atom. The number of aromatic nitrogens is 2. The molecule has 0 aliphatic carbocycles. The molecule has 4 rings (SSSR count). The normalized spacial score (nSPS) is 13.7. The molecule has 0 saturated carbocycles. The van der Waals surface area contributed by atoms with Gasteiger partial charge in [0.25, 0.3) is 11.5 Å². The van der Waals surface area contributed by atoms with E-state index in [0.29, 0.717) is 28.0 Å². The van der Waals surface area contributed by atoms with Crippen molar-refractivity contribution in [1.29, 1.82) is 0 Å². The van der Waals surface area contributed by atoms with Gasteiger partial charge in [0.1, 0.15) is 10.5 Å². The molecule has 0 bridgehead atoms. The van der Waals surface area contributed by atoms with Gasteiger partial charge in [-0.2, -0.15) is 0 Å². The molecule has 2 N–H and O–H groups in total. The lowest BCUT2D eigenvalue weighted by atomic mass is 10.0. The van der Waals surface area contributed by atoms with Crippen molar-refractivity contribution in [2.75, 3.05) is 12.4 Å². The number of aromatic amines is 1. The Morgan fingerprint density at radius 2 is 2.11 bits per heavy atom. The summed E-state index contributed by atoms with van der Waals surface area (Å²) in [4.78, 5) is 45.2. The zero-order valence-electron chi connectivity index (χ0n) is 14.7. The van der Waals surface area contributed by atoms with Gasteiger partial charge < -0.3 is 15.2 Å². The summed E-state index contributed by atoms with van der Waals surface area (Å²) in [6, 6.07) is 7.11. The van der Waals surface area contributed by atoms with Gasteiger partial charge in [-0.25, -0.2) is 4.98 Å². The highest BCUT2D eigenvalue weighted by Crippen LogP contribution is 2.24. The topological polar surface area (TPSA) is 95.2 Å². The average molecular weight is 382 g/mol. The van der Waals surface area contributed by atoms with Crippen molar-refractivity contribution >= 4 is 39.1 Å². The van der Waals surface area contributed by atoms with Crippen molar-refractivity contribution in [2.45, 2.75) is 25.8 Å². The molecule has 0 fully saturated rings. The highest BCUT2D eigenvalue weighted by atomic mass is 32.1. The zero-order chi connectivity index (χ0) is 19.0. The van der Waals surface area contributed by atoms with Gasteiger partial charge in [-0.3, -0.25) is 14.4 Å². The van der Waals surface area contributed by atoms with Crippen LogP contribution in [-0.2, 0) is 17.8 Å². The van der Waals surface area contributed by atoms with Crippen LogP contribution in [0.15, 0.2) is 34.4 Å². The number of fused-ring (bicyclic) bond motifs is 2. The van der Waals surface area contributed by atoms with E-state index >= 15 is 0 Å². The molecular formula is C19H18N4O3S. The number of hydrogen-bond acceptors (Lipinski definition) is 5. The van der Waals surface area contributed by atoms with Crippen LogP contribution >= 0.6 is 11.3 Å². The van der Waals surface area contributed by atoms with Crippen LogP contribution in [0.1, 0.15) is 34.6 Å². The van der Waals surface area contributed by atoms with Crippen molar-refractivity contribution in [3.8, 4) is 0 Å². The Balaban J connectivity index is 1.55. The van der Waals surface area contributed by atoms with E-state index in [1.165, 1.54) is 16.2 Å². The number of amides is 2. The number of carbonyl (C=O) groups excluding carboxylic acids is 2. The van der Waals surface area contributed by atoms with E-state index in [4.69, 9.17) is 0 Å². The monoisotopic (exact) mass is 382 g/mol. The number of anilines is 1. The van der Waals surface area contributed by atoms with Crippen molar-refractivity contribution in [1.82, 2.24) is 14.9 Å². The Labute approximate surface area is 159 Å². The van der Waals surface area contributed by atoms with Gasteiger partial charge in [0.05, 0.1) is 12.1 Å². The smallest absolute Gasteiger partial charge is 0.268 e. The largest absolute Gasteiger partial charge is 0.334 e. The van der Waals surface area contributed by atoms with Crippen LogP contribution in [0.3, 0.4) is 0 Å². The van der Waals surface area contributed by atoms with Crippen LogP contribution in [0.4, 0.5) is 5.69 Å². The number of carbonyl (C=O) groups is 2. The number of nitrogens with one attached hydrogen (secondary N) is 2. The number of nitrogens with zero attached hydrogens (tertiary/aromatic N) is 2. The van der Waals surface area contributed by atoms with Gasteiger partial charge in [0.15, 0.2) is 0 Å². The van der Waals surface area contributed by atoms with Crippen molar-refractivity contribution in [3.05, 3.63) is 57.0 Å². The molecular weight excluding hydrogens is 364 g/mol. The van der Waals surface area contributed by atoms with E-state index in [1.54, 1.807) is 25.2 Å². The van der Waals surface area contributed by atoms with Gasteiger partial charge in [0.2, 0.25) is 5.91 Å². The third-order valence-electron chi connectivity index (χ3n) is 4.57. The molecule has 27 heavy (non-hydrogen) atoms. The fourth-order valence-electron chi connectivity index (χ4n) is 3.22. The number of hydrogen-bond donors (Lipinski definition) is 2. The Bertz CT molecular complexity index is 1100. The van der Waals surface area contributed by atoms with E-state index < -0.39 is 0 Å². The van der Waals surface area contributed by atoms with E-state index in [2.05, 4.69) is 15.3 Å². The minimum Gasteiger partial charge on any atom is -0.334 e. The second-order valence-electron chi connectivity index (χ2n) is 6.58. The Hall–Kier alpha value is -3.00. The third kappa shape index (κ3) is 3.48. The summed E-state index contributed by atoms with van der Waals surface area (Å²) in [5.74, 6) is 0.286. The van der Waals surface area contributed by atoms with E-state index in [0.717, 1.165) is 24.1 Å². The first-order valence-electron chi connectivity index (χ1n) is 8.66. The maximum atomic E-state index is 12.8. The Morgan fingerprint density at radius 1 is 1.26 bits per heavy atom. The van der Waals surface area contributed by atoms with Gasteiger partial charge in [0, 0.05) is 24.7 Å². The summed E-state index contributed by atoms with van der Waals surface area (Å²) < 4.78 is 0.584. The van der Waals surface area contributed by atoms with Gasteiger partial charge in [-0.05, 0) is 48.1 Å². The zero-order valence-corrected chi connectivity index (χ0v) is 15.6. The lowest BCUT2D eigenvalue weighted by Gasteiger charge is -2.17. The molecule has 0 atom stereocenters. The molecule has 138 valence electrons. The maximum absolute atomic E-state index is 12.8. The molecule has 3 aromatic rings. The van der Waals surface area contributed by atoms with Gasteiger partial charge >= 0.3 is 0 Å². The molecule has 0 spiro atoms. The van der Waals surface area contributed by atoms with Crippen LogP contribution < -0.4 is 10.9 Å². The fraction of sp³-hybridized carbons (Fsp3) is 0.263. The first kappa shape index (κ1) is 17.4. The standard InChI is InChI=1S/C19H18N4O3S/c1-23(10-15-20-14-7-8-27-17(14)18(25)22-15)19(26)12-5-6-13-11(9-12)3-2-4-16(24)21-13/h5-9H,2-4,10H2,1H3,(H,21,24)(H,20,22,25). The molecule has 0 saturated heterocycles. The van der Waals surface area contributed by atoms with Crippen LogP contribution in [0.5, 0.6) is 0 Å². The summed E-state index contributed by atoms with van der Waals surface area (Å²) >= 11 is 1.34. The van der Waals surface area contributed by atoms with Crippen LogP contribution in [0.2, 0.25) is 0 Å². The van der Waals surface area contributed by atoms with Crippen LogP contribution in [0.25, 0.3) is 10.2 Å². The molecule has 1 aromatic carbocycles. The van der Waals surface area contributed by atoms with E-state index in [-0.39, 0.29) is 23.9 Å². The molecule has 2 amide bonds. The molecule has 1 aliphatic rings. The third-order valence-corrected chi connectivity index (χ3v) is 5.48. The minimum absolute atomic E-state index is 0.00351.